The van der Waals surface area contributed by atoms with Crippen LogP contribution in [0.4, 0.5) is 4.79 Å². The monoisotopic (exact) mass is 368 g/mol. The molecule has 3 amide bonds. The summed E-state index contributed by atoms with van der Waals surface area (Å²) in [7, 11) is 1.55. The Morgan fingerprint density at radius 1 is 1.04 bits per heavy atom. The number of benzene rings is 2. The number of methoxy groups -OCH3 is 1. The maximum atomic E-state index is 11.7. The summed E-state index contributed by atoms with van der Waals surface area (Å²) in [5.74, 6) is -0.757. The molecule has 27 heavy (non-hydrogen) atoms. The number of esters is 1. The van der Waals surface area contributed by atoms with E-state index in [2.05, 4.69) is 10.6 Å². The Hall–Kier alpha value is -3.61. The summed E-state index contributed by atoms with van der Waals surface area (Å²) in [6.07, 6.45) is 2.73. The van der Waals surface area contributed by atoms with Gasteiger partial charge in [-0.1, -0.05) is 42.5 Å². The van der Waals surface area contributed by atoms with E-state index in [0.29, 0.717) is 5.75 Å². The Labute approximate surface area is 157 Å². The lowest BCUT2D eigenvalue weighted by molar-refractivity contribution is -0.143. The lowest BCUT2D eigenvalue weighted by Gasteiger charge is -2.07. The molecular formula is C20H20N2O5. The minimum atomic E-state index is -0.719. The van der Waals surface area contributed by atoms with Gasteiger partial charge in [-0.3, -0.25) is 10.1 Å². The Morgan fingerprint density at radius 2 is 1.81 bits per heavy atom. The molecule has 0 aliphatic rings. The van der Waals surface area contributed by atoms with Gasteiger partial charge in [0.25, 0.3) is 5.91 Å². The molecule has 0 atom stereocenters. The predicted molar refractivity (Wildman–Crippen MR) is 99.8 cm³/mol. The molecule has 0 saturated carbocycles. The fourth-order valence-electron chi connectivity index (χ4n) is 2.08. The number of ether oxygens (including phenoxy) is 2. The van der Waals surface area contributed by atoms with Crippen molar-refractivity contribution in [2.75, 3.05) is 13.7 Å². The van der Waals surface area contributed by atoms with Gasteiger partial charge >= 0.3 is 12.0 Å². The average Bonchev–Trinajstić information content (AvgIpc) is 2.70. The average molecular weight is 368 g/mol. The molecule has 0 aromatic heterocycles. The van der Waals surface area contributed by atoms with E-state index in [9.17, 15) is 14.4 Å². The zero-order valence-corrected chi connectivity index (χ0v) is 14.8. The molecule has 0 fully saturated rings. The first kappa shape index (κ1) is 19.7. The van der Waals surface area contributed by atoms with Gasteiger partial charge in [0.15, 0.2) is 6.61 Å². The van der Waals surface area contributed by atoms with E-state index in [1.807, 2.05) is 30.3 Å². The summed E-state index contributed by atoms with van der Waals surface area (Å²) in [5.41, 5.74) is 1.64. The minimum absolute atomic E-state index is 0.281. The molecule has 0 bridgehead atoms. The van der Waals surface area contributed by atoms with Gasteiger partial charge in [-0.05, 0) is 29.3 Å². The maximum absolute atomic E-state index is 11.7. The van der Waals surface area contributed by atoms with Gasteiger partial charge in [-0.15, -0.1) is 0 Å². The molecule has 2 N–H and O–H groups in total. The van der Waals surface area contributed by atoms with Crippen LogP contribution < -0.4 is 15.4 Å². The van der Waals surface area contributed by atoms with Crippen molar-refractivity contribution in [2.45, 2.75) is 6.54 Å². The minimum Gasteiger partial charge on any atom is -0.497 e. The lowest BCUT2D eigenvalue weighted by atomic mass is 10.2. The summed E-state index contributed by atoms with van der Waals surface area (Å²) in [6.45, 7) is -0.275. The molecule has 2 aromatic carbocycles. The molecule has 0 unspecified atom stereocenters. The molecule has 2 aromatic rings. The molecule has 0 radical (unpaired) electrons. The van der Waals surface area contributed by atoms with Crippen LogP contribution in [0.15, 0.2) is 60.7 Å². The van der Waals surface area contributed by atoms with Crippen molar-refractivity contribution in [1.29, 1.82) is 0 Å². The Bertz CT molecular complexity index is 818. The highest BCUT2D eigenvalue weighted by Gasteiger charge is 2.09. The molecular weight excluding hydrogens is 348 g/mol. The van der Waals surface area contributed by atoms with E-state index in [0.717, 1.165) is 11.1 Å². The second-order valence-electron chi connectivity index (χ2n) is 5.43. The zero-order valence-electron chi connectivity index (χ0n) is 14.8. The number of nitrogens with one attached hydrogen (secondary N) is 2. The predicted octanol–water partition coefficient (Wildman–Crippen LogP) is 2.28. The van der Waals surface area contributed by atoms with Gasteiger partial charge in [0.05, 0.1) is 7.11 Å². The molecule has 0 aliphatic carbocycles. The van der Waals surface area contributed by atoms with Crippen LogP contribution >= 0.6 is 0 Å². The van der Waals surface area contributed by atoms with E-state index in [4.69, 9.17) is 9.47 Å². The molecule has 2 rings (SSSR count). The van der Waals surface area contributed by atoms with Crippen LogP contribution in [-0.2, 0) is 20.9 Å². The fourth-order valence-corrected chi connectivity index (χ4v) is 2.08. The smallest absolute Gasteiger partial charge is 0.331 e. The normalized spacial score (nSPS) is 10.3. The van der Waals surface area contributed by atoms with Gasteiger partial charge in [-0.25, -0.2) is 9.59 Å². The second-order valence-corrected chi connectivity index (χ2v) is 5.43. The van der Waals surface area contributed by atoms with Crippen molar-refractivity contribution in [2.24, 2.45) is 0 Å². The number of urea groups is 1. The third kappa shape index (κ3) is 7.43. The number of hydrogen-bond donors (Lipinski definition) is 2. The molecule has 7 nitrogen and oxygen atoms in total. The highest BCUT2D eigenvalue weighted by atomic mass is 16.5. The number of rotatable bonds is 7. The first-order valence-electron chi connectivity index (χ1n) is 8.17. The van der Waals surface area contributed by atoms with Crippen molar-refractivity contribution in [3.05, 3.63) is 71.8 Å². The standard InChI is InChI=1S/C20H20N2O5/c1-26-17-9-5-8-15(12-17)10-11-19(24)27-14-18(23)22-20(25)21-13-16-6-3-2-4-7-16/h2-12H,13-14H2,1H3,(H2,21,22,23,25)/b11-10+. The van der Waals surface area contributed by atoms with Gasteiger partial charge in [0.2, 0.25) is 0 Å². The Morgan fingerprint density at radius 3 is 2.56 bits per heavy atom. The van der Waals surface area contributed by atoms with Crippen molar-refractivity contribution in [3.8, 4) is 5.75 Å². The van der Waals surface area contributed by atoms with Crippen molar-refractivity contribution >= 4 is 24.0 Å². The number of hydrogen-bond acceptors (Lipinski definition) is 5. The van der Waals surface area contributed by atoms with Crippen molar-refractivity contribution in [1.82, 2.24) is 10.6 Å². The quantitative estimate of drug-likeness (QED) is 0.578. The number of imide groups is 1. The first-order chi connectivity index (χ1) is 13.1. The second kappa shape index (κ2) is 10.4. The van der Waals surface area contributed by atoms with Crippen LogP contribution in [-0.4, -0.2) is 31.6 Å². The van der Waals surface area contributed by atoms with E-state index in [1.54, 1.807) is 31.4 Å². The molecule has 0 aliphatic heterocycles. The number of carbonyl (C=O) groups is 3. The largest absolute Gasteiger partial charge is 0.497 e. The summed E-state index contributed by atoms with van der Waals surface area (Å²) in [5, 5.41) is 4.63. The topological polar surface area (TPSA) is 93.7 Å². The van der Waals surface area contributed by atoms with Crippen LogP contribution in [0.5, 0.6) is 5.75 Å². The first-order valence-corrected chi connectivity index (χ1v) is 8.17. The highest BCUT2D eigenvalue weighted by Crippen LogP contribution is 2.13. The number of amides is 3. The molecule has 140 valence electrons. The molecule has 7 heteroatoms. The van der Waals surface area contributed by atoms with Crippen LogP contribution in [0.1, 0.15) is 11.1 Å². The van der Waals surface area contributed by atoms with Crippen LogP contribution in [0.3, 0.4) is 0 Å². The highest BCUT2D eigenvalue weighted by molar-refractivity contribution is 5.96. The fraction of sp³-hybridized carbons (Fsp3) is 0.150. The van der Waals surface area contributed by atoms with Crippen LogP contribution in [0, 0.1) is 0 Å². The number of carbonyl (C=O) groups excluding carboxylic acids is 3. The SMILES string of the molecule is COc1cccc(/C=C/C(=O)OCC(=O)NC(=O)NCc2ccccc2)c1. The summed E-state index contributed by atoms with van der Waals surface area (Å²) < 4.78 is 9.88. The maximum Gasteiger partial charge on any atom is 0.331 e. The van der Waals surface area contributed by atoms with Gasteiger partial charge in [0.1, 0.15) is 5.75 Å². The Kier molecular flexibility index (Phi) is 7.59. The summed E-state index contributed by atoms with van der Waals surface area (Å²) >= 11 is 0. The zero-order chi connectivity index (χ0) is 19.5. The van der Waals surface area contributed by atoms with Gasteiger partial charge < -0.3 is 14.8 Å². The summed E-state index contributed by atoms with van der Waals surface area (Å²) in [4.78, 5) is 34.9. The lowest BCUT2D eigenvalue weighted by Crippen LogP contribution is -2.41. The van der Waals surface area contributed by atoms with E-state index in [-0.39, 0.29) is 6.54 Å². The van der Waals surface area contributed by atoms with Crippen LogP contribution in [0.2, 0.25) is 0 Å². The van der Waals surface area contributed by atoms with Crippen molar-refractivity contribution in [3.63, 3.8) is 0 Å². The van der Waals surface area contributed by atoms with E-state index < -0.39 is 24.5 Å². The van der Waals surface area contributed by atoms with Crippen molar-refractivity contribution < 1.29 is 23.9 Å². The molecule has 0 heterocycles. The van der Waals surface area contributed by atoms with Gasteiger partial charge in [-0.2, -0.15) is 0 Å². The molecule has 0 saturated heterocycles. The third-order valence-electron chi connectivity index (χ3n) is 3.40. The Balaban J connectivity index is 1.70. The summed E-state index contributed by atoms with van der Waals surface area (Å²) in [6, 6.07) is 15.7. The van der Waals surface area contributed by atoms with E-state index in [1.165, 1.54) is 12.2 Å². The van der Waals surface area contributed by atoms with E-state index >= 15 is 0 Å². The van der Waals surface area contributed by atoms with Crippen LogP contribution in [0.25, 0.3) is 6.08 Å². The van der Waals surface area contributed by atoms with Gasteiger partial charge in [0, 0.05) is 12.6 Å². The third-order valence-corrected chi connectivity index (χ3v) is 3.40. The molecule has 0 spiro atoms.